The number of hydrogen-bond donors (Lipinski definition) is 1. The summed E-state index contributed by atoms with van der Waals surface area (Å²) in [6, 6.07) is 2.86. The van der Waals surface area contributed by atoms with Gasteiger partial charge >= 0.3 is 12.3 Å². The van der Waals surface area contributed by atoms with Gasteiger partial charge in [-0.2, -0.15) is 13.2 Å². The van der Waals surface area contributed by atoms with Crippen molar-refractivity contribution >= 4 is 6.09 Å². The molecule has 1 atom stereocenters. The maximum atomic E-state index is 13.6. The number of benzene rings is 1. The zero-order valence-electron chi connectivity index (χ0n) is 13.8. The van der Waals surface area contributed by atoms with Crippen LogP contribution in [0.4, 0.5) is 22.4 Å². The number of alkyl halides is 3. The van der Waals surface area contributed by atoms with Crippen LogP contribution in [0.1, 0.15) is 36.8 Å². The minimum Gasteiger partial charge on any atom is -0.465 e. The summed E-state index contributed by atoms with van der Waals surface area (Å²) in [7, 11) is 1.91. The van der Waals surface area contributed by atoms with Gasteiger partial charge in [-0.3, -0.25) is 4.90 Å². The second-order valence-corrected chi connectivity index (χ2v) is 6.89. The summed E-state index contributed by atoms with van der Waals surface area (Å²) < 4.78 is 52.6. The molecule has 1 N–H and O–H groups in total. The standard InChI is InChI=1S/C17H20F4N2O2/c1-22-8-2-3-12(22)10-23(15(24)25)16(6-7-16)11-4-5-14(18)13(9-11)17(19,20)21/h4-5,9,12H,2-3,6-8,10H2,1H3,(H,24,25)/t12-/m1/s1. The maximum Gasteiger partial charge on any atom is 0.419 e. The van der Waals surface area contributed by atoms with Crippen LogP contribution in [-0.2, 0) is 11.7 Å². The van der Waals surface area contributed by atoms with Gasteiger partial charge in [-0.1, -0.05) is 6.07 Å². The third-order valence-electron chi connectivity index (χ3n) is 5.35. The summed E-state index contributed by atoms with van der Waals surface area (Å²) in [4.78, 5) is 15.1. The molecule has 2 aliphatic rings. The number of carbonyl (C=O) groups is 1. The fourth-order valence-electron chi connectivity index (χ4n) is 3.72. The van der Waals surface area contributed by atoms with Gasteiger partial charge in [0.25, 0.3) is 0 Å². The largest absolute Gasteiger partial charge is 0.465 e. The van der Waals surface area contributed by atoms with E-state index >= 15 is 0 Å². The van der Waals surface area contributed by atoms with E-state index < -0.39 is 29.2 Å². The first-order chi connectivity index (χ1) is 11.6. The number of likely N-dealkylation sites (tertiary alicyclic amines) is 1. The van der Waals surface area contributed by atoms with E-state index in [9.17, 15) is 27.5 Å². The fourth-order valence-corrected chi connectivity index (χ4v) is 3.72. The number of likely N-dealkylation sites (N-methyl/N-ethyl adjacent to an activating group) is 1. The van der Waals surface area contributed by atoms with Crippen LogP contribution in [0.25, 0.3) is 0 Å². The van der Waals surface area contributed by atoms with E-state index in [1.54, 1.807) is 0 Å². The van der Waals surface area contributed by atoms with Gasteiger partial charge in [0.05, 0.1) is 11.1 Å². The number of halogens is 4. The van der Waals surface area contributed by atoms with Crippen LogP contribution in [0.3, 0.4) is 0 Å². The smallest absolute Gasteiger partial charge is 0.419 e. The minimum atomic E-state index is -4.81. The van der Waals surface area contributed by atoms with E-state index in [-0.39, 0.29) is 18.2 Å². The van der Waals surface area contributed by atoms with Crippen LogP contribution in [0.15, 0.2) is 18.2 Å². The van der Waals surface area contributed by atoms with E-state index in [0.717, 1.165) is 31.5 Å². The van der Waals surface area contributed by atoms with Crippen molar-refractivity contribution in [1.82, 2.24) is 9.80 Å². The van der Waals surface area contributed by atoms with E-state index in [2.05, 4.69) is 4.90 Å². The average molecular weight is 360 g/mol. The van der Waals surface area contributed by atoms with Crippen molar-refractivity contribution in [3.8, 4) is 0 Å². The molecule has 1 amide bonds. The summed E-state index contributed by atoms with van der Waals surface area (Å²) in [6.45, 7) is 1.12. The predicted molar refractivity (Wildman–Crippen MR) is 82.7 cm³/mol. The molecule has 25 heavy (non-hydrogen) atoms. The van der Waals surface area contributed by atoms with Gasteiger partial charge in [0.2, 0.25) is 0 Å². The molecule has 2 fully saturated rings. The van der Waals surface area contributed by atoms with Crippen LogP contribution in [0.5, 0.6) is 0 Å². The molecule has 1 saturated carbocycles. The van der Waals surface area contributed by atoms with Crippen LogP contribution >= 0.6 is 0 Å². The second kappa shape index (κ2) is 6.16. The molecular formula is C17H20F4N2O2. The number of nitrogens with zero attached hydrogens (tertiary/aromatic N) is 2. The van der Waals surface area contributed by atoms with Crippen LogP contribution in [-0.4, -0.2) is 47.2 Å². The first-order valence-corrected chi connectivity index (χ1v) is 8.23. The fraction of sp³-hybridized carbons (Fsp3) is 0.588. The Kier molecular flexibility index (Phi) is 4.43. The molecule has 0 bridgehead atoms. The van der Waals surface area contributed by atoms with Crippen LogP contribution in [0.2, 0.25) is 0 Å². The van der Waals surface area contributed by atoms with Gasteiger partial charge in [-0.25, -0.2) is 9.18 Å². The zero-order chi connectivity index (χ0) is 18.4. The van der Waals surface area contributed by atoms with Crippen molar-refractivity contribution in [2.24, 2.45) is 0 Å². The molecule has 1 aromatic carbocycles. The summed E-state index contributed by atoms with van der Waals surface area (Å²) in [5, 5.41) is 9.65. The molecule has 1 aliphatic carbocycles. The second-order valence-electron chi connectivity index (χ2n) is 6.89. The monoisotopic (exact) mass is 360 g/mol. The summed E-state index contributed by atoms with van der Waals surface area (Å²) in [6.07, 6.45) is -3.26. The lowest BCUT2D eigenvalue weighted by atomic mass is 9.99. The lowest BCUT2D eigenvalue weighted by Gasteiger charge is -2.34. The number of carboxylic acid groups (broad SMARTS) is 1. The van der Waals surface area contributed by atoms with Crippen molar-refractivity contribution < 1.29 is 27.5 Å². The molecule has 1 aliphatic heterocycles. The van der Waals surface area contributed by atoms with E-state index in [0.29, 0.717) is 12.8 Å². The zero-order valence-corrected chi connectivity index (χ0v) is 13.8. The molecule has 0 aromatic heterocycles. The van der Waals surface area contributed by atoms with E-state index in [1.165, 1.54) is 11.0 Å². The molecule has 1 heterocycles. The molecular weight excluding hydrogens is 340 g/mol. The van der Waals surface area contributed by atoms with Crippen LogP contribution in [0, 0.1) is 5.82 Å². The van der Waals surface area contributed by atoms with Crippen molar-refractivity contribution in [1.29, 1.82) is 0 Å². The molecule has 138 valence electrons. The Morgan fingerprint density at radius 1 is 1.40 bits per heavy atom. The highest BCUT2D eigenvalue weighted by molar-refractivity contribution is 5.68. The lowest BCUT2D eigenvalue weighted by Crippen LogP contribution is -2.46. The molecule has 4 nitrogen and oxygen atoms in total. The average Bonchev–Trinajstić information content (AvgIpc) is 3.21. The van der Waals surface area contributed by atoms with Gasteiger partial charge in [-0.05, 0) is 57.0 Å². The summed E-state index contributed by atoms with van der Waals surface area (Å²) in [5.41, 5.74) is -2.12. The summed E-state index contributed by atoms with van der Waals surface area (Å²) >= 11 is 0. The molecule has 8 heteroatoms. The van der Waals surface area contributed by atoms with Crippen LogP contribution < -0.4 is 0 Å². The maximum absolute atomic E-state index is 13.6. The van der Waals surface area contributed by atoms with E-state index in [1.807, 2.05) is 7.05 Å². The minimum absolute atomic E-state index is 0.0520. The molecule has 0 radical (unpaired) electrons. The van der Waals surface area contributed by atoms with Gasteiger partial charge in [0.1, 0.15) is 5.82 Å². The topological polar surface area (TPSA) is 43.8 Å². The first kappa shape index (κ1) is 18.0. The third kappa shape index (κ3) is 3.31. The number of amides is 1. The Bertz CT molecular complexity index is 673. The Labute approximate surface area is 143 Å². The van der Waals surface area contributed by atoms with Crippen molar-refractivity contribution in [3.63, 3.8) is 0 Å². The number of rotatable bonds is 4. The molecule has 0 spiro atoms. The van der Waals surface area contributed by atoms with Crippen molar-refractivity contribution in [3.05, 3.63) is 35.1 Å². The quantitative estimate of drug-likeness (QED) is 0.828. The van der Waals surface area contributed by atoms with Crippen molar-refractivity contribution in [2.75, 3.05) is 20.1 Å². The van der Waals surface area contributed by atoms with Gasteiger partial charge in [-0.15, -0.1) is 0 Å². The first-order valence-electron chi connectivity index (χ1n) is 8.23. The van der Waals surface area contributed by atoms with Gasteiger partial charge in [0.15, 0.2) is 0 Å². The van der Waals surface area contributed by atoms with Gasteiger partial charge < -0.3 is 10.0 Å². The number of hydrogen-bond acceptors (Lipinski definition) is 2. The predicted octanol–water partition coefficient (Wildman–Crippen LogP) is 3.91. The lowest BCUT2D eigenvalue weighted by molar-refractivity contribution is -0.140. The van der Waals surface area contributed by atoms with E-state index in [4.69, 9.17) is 0 Å². The van der Waals surface area contributed by atoms with Gasteiger partial charge in [0, 0.05) is 12.6 Å². The highest BCUT2D eigenvalue weighted by atomic mass is 19.4. The third-order valence-corrected chi connectivity index (χ3v) is 5.35. The van der Waals surface area contributed by atoms with Crippen molar-refractivity contribution in [2.45, 2.75) is 43.4 Å². The Hall–Kier alpha value is -1.83. The Morgan fingerprint density at radius 3 is 2.56 bits per heavy atom. The summed E-state index contributed by atoms with van der Waals surface area (Å²) in [5.74, 6) is -1.34. The highest BCUT2D eigenvalue weighted by Crippen LogP contribution is 2.52. The molecule has 1 aromatic rings. The highest BCUT2D eigenvalue weighted by Gasteiger charge is 2.53. The Morgan fingerprint density at radius 2 is 2.08 bits per heavy atom. The molecule has 0 unspecified atom stereocenters. The molecule has 3 rings (SSSR count). The molecule has 1 saturated heterocycles. The normalized spacial score (nSPS) is 22.8. The SMILES string of the molecule is CN1CCC[C@@H]1CN(C(=O)O)C1(c2ccc(F)c(C(F)(F)F)c2)CC1. The Balaban J connectivity index is 1.93.